The van der Waals surface area contributed by atoms with Crippen LogP contribution in [0.4, 0.5) is 0 Å². The predicted octanol–water partition coefficient (Wildman–Crippen LogP) is 1.68. The Hall–Kier alpha value is -2.37. The lowest BCUT2D eigenvalue weighted by molar-refractivity contribution is -0.165. The van der Waals surface area contributed by atoms with Crippen molar-refractivity contribution in [1.29, 1.82) is 0 Å². The monoisotopic (exact) mass is 305 g/mol. The molecule has 1 aliphatic rings. The highest BCUT2D eigenvalue weighted by molar-refractivity contribution is 6.28. The number of hydrogen-bond acceptors (Lipinski definition) is 6. The summed E-state index contributed by atoms with van der Waals surface area (Å²) in [5.74, 6) is -1.48. The van der Waals surface area contributed by atoms with Crippen LogP contribution in [0.2, 0.25) is 0 Å². The van der Waals surface area contributed by atoms with Crippen LogP contribution >= 0.6 is 0 Å². The average molecular weight is 305 g/mol. The second kappa shape index (κ2) is 5.79. The van der Waals surface area contributed by atoms with E-state index in [9.17, 15) is 9.59 Å². The quantitative estimate of drug-likeness (QED) is 0.627. The van der Waals surface area contributed by atoms with Gasteiger partial charge in [0.05, 0.1) is 14.2 Å². The summed E-state index contributed by atoms with van der Waals surface area (Å²) in [6.45, 7) is 5.55. The van der Waals surface area contributed by atoms with Gasteiger partial charge in [-0.2, -0.15) is 0 Å². The fraction of sp³-hybridized carbons (Fsp3) is 0.438. The minimum absolute atomic E-state index is 0.228. The number of hydrogen-bond donors (Lipinski definition) is 0. The molecule has 0 bridgehead atoms. The second-order valence-electron chi connectivity index (χ2n) is 5.38. The van der Waals surface area contributed by atoms with Gasteiger partial charge in [0.15, 0.2) is 0 Å². The summed E-state index contributed by atoms with van der Waals surface area (Å²) in [6, 6.07) is 3.92. The molecule has 1 aliphatic heterocycles. The highest BCUT2D eigenvalue weighted by Gasteiger charge is 2.58. The molecule has 0 radical (unpaired) electrons. The van der Waals surface area contributed by atoms with Crippen LogP contribution in [0.15, 0.2) is 17.3 Å². The molecule has 1 heterocycles. The van der Waals surface area contributed by atoms with E-state index in [2.05, 4.69) is 5.16 Å². The minimum atomic E-state index is -1.69. The van der Waals surface area contributed by atoms with Gasteiger partial charge in [-0.25, -0.2) is 0 Å². The fourth-order valence-electron chi connectivity index (χ4n) is 2.90. The Labute approximate surface area is 129 Å². The summed E-state index contributed by atoms with van der Waals surface area (Å²) in [6.07, 6.45) is 0. The van der Waals surface area contributed by atoms with Crippen molar-refractivity contribution in [3.05, 3.63) is 34.4 Å². The number of nitrogens with zero attached hydrogens (tertiary/aromatic N) is 1. The summed E-state index contributed by atoms with van der Waals surface area (Å²) >= 11 is 0. The van der Waals surface area contributed by atoms with E-state index in [0.29, 0.717) is 5.56 Å². The molecule has 1 aromatic carbocycles. The van der Waals surface area contributed by atoms with Gasteiger partial charge in [0.1, 0.15) is 12.3 Å². The Kier molecular flexibility index (Phi) is 4.21. The van der Waals surface area contributed by atoms with E-state index in [-0.39, 0.29) is 12.3 Å². The number of oxime groups is 1. The zero-order chi connectivity index (χ0) is 16.5. The lowest BCUT2D eigenvalue weighted by Crippen LogP contribution is -2.49. The zero-order valence-electron chi connectivity index (χ0n) is 13.4. The van der Waals surface area contributed by atoms with E-state index in [1.165, 1.54) is 14.2 Å². The smallest absolute Gasteiger partial charge is 0.333 e. The van der Waals surface area contributed by atoms with Crippen LogP contribution in [-0.4, -0.2) is 38.5 Å². The van der Waals surface area contributed by atoms with Gasteiger partial charge in [-0.1, -0.05) is 22.9 Å². The predicted molar refractivity (Wildman–Crippen MR) is 79.6 cm³/mol. The first kappa shape index (κ1) is 16.0. The average Bonchev–Trinajstić information content (AvgIpc) is 2.90. The molecule has 0 saturated heterocycles. The third-order valence-corrected chi connectivity index (χ3v) is 3.82. The molecular formula is C16H19NO5. The Morgan fingerprint density at radius 3 is 2.05 bits per heavy atom. The molecule has 0 aliphatic carbocycles. The van der Waals surface area contributed by atoms with Gasteiger partial charge in [0, 0.05) is 5.56 Å². The maximum absolute atomic E-state index is 12.3. The molecule has 0 N–H and O–H groups in total. The molecule has 0 saturated carbocycles. The number of carbonyl (C=O) groups is 2. The summed E-state index contributed by atoms with van der Waals surface area (Å²) < 4.78 is 9.63. The SMILES string of the molecule is COC(=O)C1(C(=O)OC)CON=C1c1c(C)cc(C)cc1C. The standard InChI is InChI=1S/C16H19NO5/c1-9-6-10(2)12(11(3)7-9)13-16(8-22-17-13,14(18)20-4)15(19)21-5/h6-7H,8H2,1-5H3. The van der Waals surface area contributed by atoms with Crippen molar-refractivity contribution < 1.29 is 23.9 Å². The first-order valence-electron chi connectivity index (χ1n) is 6.84. The van der Waals surface area contributed by atoms with Gasteiger partial charge in [0.25, 0.3) is 0 Å². The number of ether oxygens (including phenoxy) is 2. The lowest BCUT2D eigenvalue weighted by atomic mass is 9.78. The molecule has 6 nitrogen and oxygen atoms in total. The van der Waals surface area contributed by atoms with Gasteiger partial charge >= 0.3 is 11.9 Å². The highest BCUT2D eigenvalue weighted by Crippen LogP contribution is 2.35. The number of carbonyl (C=O) groups excluding carboxylic acids is 2. The molecule has 0 atom stereocenters. The lowest BCUT2D eigenvalue weighted by Gasteiger charge is -2.24. The highest BCUT2D eigenvalue weighted by atomic mass is 16.6. The van der Waals surface area contributed by atoms with Crippen LogP contribution in [0.1, 0.15) is 22.3 Å². The first-order chi connectivity index (χ1) is 10.4. The maximum atomic E-state index is 12.3. The van der Waals surface area contributed by atoms with Crippen LogP contribution < -0.4 is 0 Å². The van der Waals surface area contributed by atoms with Crippen molar-refractivity contribution in [1.82, 2.24) is 0 Å². The van der Waals surface area contributed by atoms with Crippen molar-refractivity contribution in [2.45, 2.75) is 20.8 Å². The first-order valence-corrected chi connectivity index (χ1v) is 6.84. The van der Waals surface area contributed by atoms with Gasteiger partial charge in [-0.05, 0) is 31.9 Å². The van der Waals surface area contributed by atoms with Gasteiger partial charge in [-0.15, -0.1) is 0 Å². The van der Waals surface area contributed by atoms with Crippen LogP contribution in [0.3, 0.4) is 0 Å². The Balaban J connectivity index is 2.68. The Morgan fingerprint density at radius 2 is 1.59 bits per heavy atom. The van der Waals surface area contributed by atoms with Gasteiger partial charge in [0.2, 0.25) is 5.41 Å². The molecule has 1 aromatic rings. The van der Waals surface area contributed by atoms with Crippen molar-refractivity contribution in [3.63, 3.8) is 0 Å². The molecule has 0 aromatic heterocycles. The number of benzene rings is 1. The third kappa shape index (κ3) is 2.24. The van der Waals surface area contributed by atoms with E-state index in [0.717, 1.165) is 16.7 Å². The maximum Gasteiger partial charge on any atom is 0.333 e. The van der Waals surface area contributed by atoms with Gasteiger partial charge in [-0.3, -0.25) is 9.59 Å². The molecule has 0 unspecified atom stereocenters. The van der Waals surface area contributed by atoms with E-state index in [1.54, 1.807) is 0 Å². The topological polar surface area (TPSA) is 74.2 Å². The number of rotatable bonds is 3. The van der Waals surface area contributed by atoms with E-state index < -0.39 is 17.4 Å². The van der Waals surface area contributed by atoms with Crippen molar-refractivity contribution >= 4 is 17.7 Å². The molecule has 2 rings (SSSR count). The van der Waals surface area contributed by atoms with E-state index in [1.807, 2.05) is 32.9 Å². The molecule has 0 spiro atoms. The number of aryl methyl sites for hydroxylation is 3. The number of methoxy groups -OCH3 is 2. The second-order valence-corrected chi connectivity index (χ2v) is 5.38. The van der Waals surface area contributed by atoms with Crippen LogP contribution in [0.25, 0.3) is 0 Å². The summed E-state index contributed by atoms with van der Waals surface area (Å²) in [7, 11) is 2.44. The third-order valence-electron chi connectivity index (χ3n) is 3.82. The van der Waals surface area contributed by atoms with Crippen molar-refractivity contribution in [2.75, 3.05) is 20.8 Å². The van der Waals surface area contributed by atoms with E-state index >= 15 is 0 Å². The van der Waals surface area contributed by atoms with Crippen LogP contribution in [-0.2, 0) is 23.9 Å². The summed E-state index contributed by atoms with van der Waals surface area (Å²) in [5, 5.41) is 3.96. The minimum Gasteiger partial charge on any atom is -0.468 e. The normalized spacial score (nSPS) is 15.8. The molecule has 6 heteroatoms. The Morgan fingerprint density at radius 1 is 1.09 bits per heavy atom. The van der Waals surface area contributed by atoms with Crippen molar-refractivity contribution in [3.8, 4) is 0 Å². The molecule has 118 valence electrons. The molecule has 22 heavy (non-hydrogen) atoms. The largest absolute Gasteiger partial charge is 0.468 e. The van der Waals surface area contributed by atoms with Crippen LogP contribution in [0, 0.1) is 26.2 Å². The Bertz CT molecular complexity index is 623. The fourth-order valence-corrected chi connectivity index (χ4v) is 2.90. The molecular weight excluding hydrogens is 286 g/mol. The summed E-state index contributed by atoms with van der Waals surface area (Å²) in [4.78, 5) is 29.8. The molecule has 0 amide bonds. The van der Waals surface area contributed by atoms with Crippen LogP contribution in [0.5, 0.6) is 0 Å². The van der Waals surface area contributed by atoms with Crippen molar-refractivity contribution in [2.24, 2.45) is 10.6 Å². The number of esters is 2. The zero-order valence-corrected chi connectivity index (χ0v) is 13.4. The summed E-state index contributed by atoms with van der Waals surface area (Å²) in [5.41, 5.74) is 2.15. The van der Waals surface area contributed by atoms with E-state index in [4.69, 9.17) is 14.3 Å². The molecule has 0 fully saturated rings. The van der Waals surface area contributed by atoms with Gasteiger partial charge < -0.3 is 14.3 Å².